The van der Waals surface area contributed by atoms with Gasteiger partial charge >= 0.3 is 6.01 Å². The Morgan fingerprint density at radius 3 is 2.43 bits per heavy atom. The number of hydrogen-bond donors (Lipinski definition) is 0. The summed E-state index contributed by atoms with van der Waals surface area (Å²) in [5.74, 6) is 0.810. The summed E-state index contributed by atoms with van der Waals surface area (Å²) in [6.07, 6.45) is 0. The van der Waals surface area contributed by atoms with Crippen molar-refractivity contribution in [2.75, 3.05) is 18.0 Å². The van der Waals surface area contributed by atoms with Gasteiger partial charge in [0.15, 0.2) is 5.75 Å². The van der Waals surface area contributed by atoms with E-state index in [1.165, 1.54) is 0 Å². The zero-order valence-electron chi connectivity index (χ0n) is 11.5. The van der Waals surface area contributed by atoms with Crippen LogP contribution in [0.4, 0.5) is 5.95 Å². The van der Waals surface area contributed by atoms with Crippen molar-refractivity contribution in [3.8, 4) is 11.8 Å². The molecule has 0 amide bonds. The first kappa shape index (κ1) is 16.1. The molecule has 21 heavy (non-hydrogen) atoms. The molecule has 1 aromatic heterocycles. The highest BCUT2D eigenvalue weighted by molar-refractivity contribution is 6.34. The average molecular weight is 348 g/mol. The molecule has 8 heteroatoms. The molecular formula is C13H13Cl3N4O. The van der Waals surface area contributed by atoms with Crippen molar-refractivity contribution in [3.05, 3.63) is 33.5 Å². The smallest absolute Gasteiger partial charge is 0.328 e. The lowest BCUT2D eigenvalue weighted by Gasteiger charge is -2.18. The lowest BCUT2D eigenvalue weighted by atomic mass is 10.3. The van der Waals surface area contributed by atoms with Gasteiger partial charge < -0.3 is 9.64 Å². The van der Waals surface area contributed by atoms with Gasteiger partial charge in [0, 0.05) is 24.2 Å². The number of hydrogen-bond acceptors (Lipinski definition) is 5. The molecule has 2 rings (SSSR count). The molecule has 0 bridgehead atoms. The van der Waals surface area contributed by atoms with E-state index in [2.05, 4.69) is 15.0 Å². The van der Waals surface area contributed by atoms with E-state index in [4.69, 9.17) is 39.5 Å². The van der Waals surface area contributed by atoms with Gasteiger partial charge in [0.1, 0.15) is 0 Å². The van der Waals surface area contributed by atoms with Crippen LogP contribution < -0.4 is 9.64 Å². The molecule has 5 nitrogen and oxygen atoms in total. The molecule has 0 N–H and O–H groups in total. The van der Waals surface area contributed by atoms with Gasteiger partial charge in [-0.15, -0.1) is 0 Å². The molecule has 1 aromatic carbocycles. The van der Waals surface area contributed by atoms with Crippen LogP contribution in [0.5, 0.6) is 11.8 Å². The van der Waals surface area contributed by atoms with E-state index < -0.39 is 0 Å². The van der Waals surface area contributed by atoms with E-state index in [1.54, 1.807) is 18.2 Å². The Hall–Kier alpha value is -1.30. The molecule has 2 aromatic rings. The van der Waals surface area contributed by atoms with Gasteiger partial charge in [-0.25, -0.2) is 0 Å². The van der Waals surface area contributed by atoms with E-state index >= 15 is 0 Å². The summed E-state index contributed by atoms with van der Waals surface area (Å²) < 4.78 is 5.56. The zero-order chi connectivity index (χ0) is 15.4. The van der Waals surface area contributed by atoms with Crippen molar-refractivity contribution >= 4 is 40.8 Å². The van der Waals surface area contributed by atoms with Crippen LogP contribution in [-0.2, 0) is 0 Å². The Balaban J connectivity index is 2.34. The van der Waals surface area contributed by atoms with Gasteiger partial charge in [-0.2, -0.15) is 15.0 Å². The SMILES string of the molecule is CCN(CC)c1nc(Cl)nc(Oc2cc(Cl)ccc2Cl)n1. The van der Waals surface area contributed by atoms with Crippen molar-refractivity contribution < 1.29 is 4.74 Å². The quantitative estimate of drug-likeness (QED) is 0.798. The molecule has 0 aliphatic heterocycles. The maximum Gasteiger partial charge on any atom is 0.328 e. The molecule has 0 radical (unpaired) electrons. The lowest BCUT2D eigenvalue weighted by molar-refractivity contribution is 0.439. The summed E-state index contributed by atoms with van der Waals surface area (Å²) in [4.78, 5) is 14.2. The number of benzene rings is 1. The second kappa shape index (κ2) is 7.11. The van der Waals surface area contributed by atoms with Crippen molar-refractivity contribution in [2.45, 2.75) is 13.8 Å². The highest BCUT2D eigenvalue weighted by atomic mass is 35.5. The van der Waals surface area contributed by atoms with E-state index in [9.17, 15) is 0 Å². The summed E-state index contributed by atoms with van der Waals surface area (Å²) in [7, 11) is 0. The molecule has 0 atom stereocenters. The normalized spacial score (nSPS) is 10.5. The molecule has 0 saturated carbocycles. The number of rotatable bonds is 5. The highest BCUT2D eigenvalue weighted by Gasteiger charge is 2.13. The Labute approximate surface area is 137 Å². The third-order valence-corrected chi connectivity index (χ3v) is 3.43. The largest absolute Gasteiger partial charge is 0.422 e. The number of anilines is 1. The van der Waals surface area contributed by atoms with E-state index in [1.807, 2.05) is 18.7 Å². The number of aromatic nitrogens is 3. The zero-order valence-corrected chi connectivity index (χ0v) is 13.7. The van der Waals surface area contributed by atoms with Crippen molar-refractivity contribution in [1.82, 2.24) is 15.0 Å². The van der Waals surface area contributed by atoms with Crippen LogP contribution in [0, 0.1) is 0 Å². The van der Waals surface area contributed by atoms with Gasteiger partial charge in [0.25, 0.3) is 0 Å². The van der Waals surface area contributed by atoms with Crippen LogP contribution in [0.3, 0.4) is 0 Å². The molecule has 0 unspecified atom stereocenters. The van der Waals surface area contributed by atoms with Crippen molar-refractivity contribution in [3.63, 3.8) is 0 Å². The van der Waals surface area contributed by atoms with Crippen LogP contribution in [-0.4, -0.2) is 28.0 Å². The van der Waals surface area contributed by atoms with Crippen LogP contribution in [0.15, 0.2) is 18.2 Å². The maximum absolute atomic E-state index is 6.04. The van der Waals surface area contributed by atoms with Gasteiger partial charge in [0.05, 0.1) is 5.02 Å². The topological polar surface area (TPSA) is 51.1 Å². The first-order valence-electron chi connectivity index (χ1n) is 6.33. The third-order valence-electron chi connectivity index (χ3n) is 2.72. The lowest BCUT2D eigenvalue weighted by Crippen LogP contribution is -2.24. The molecule has 0 saturated heterocycles. The minimum Gasteiger partial charge on any atom is -0.422 e. The van der Waals surface area contributed by atoms with Gasteiger partial charge in [-0.3, -0.25) is 0 Å². The average Bonchev–Trinajstić information content (AvgIpc) is 2.44. The number of halogens is 3. The van der Waals surface area contributed by atoms with E-state index in [0.717, 1.165) is 13.1 Å². The highest BCUT2D eigenvalue weighted by Crippen LogP contribution is 2.31. The van der Waals surface area contributed by atoms with Crippen molar-refractivity contribution in [2.24, 2.45) is 0 Å². The molecule has 1 heterocycles. The minimum absolute atomic E-state index is 0.0556. The second-order valence-corrected chi connectivity index (χ2v) is 5.22. The molecule has 0 aliphatic carbocycles. The Kier molecular flexibility index (Phi) is 5.45. The van der Waals surface area contributed by atoms with Gasteiger partial charge in [-0.05, 0) is 37.6 Å². The molecule has 0 fully saturated rings. The summed E-state index contributed by atoms with van der Waals surface area (Å²) in [5.41, 5.74) is 0. The predicted octanol–water partition coefficient (Wildman–Crippen LogP) is 4.47. The van der Waals surface area contributed by atoms with E-state index in [-0.39, 0.29) is 11.3 Å². The summed E-state index contributed by atoms with van der Waals surface area (Å²) >= 11 is 17.9. The summed E-state index contributed by atoms with van der Waals surface area (Å²) in [6.45, 7) is 5.48. The third kappa shape index (κ3) is 4.09. The summed E-state index contributed by atoms with van der Waals surface area (Å²) in [5, 5.41) is 0.957. The predicted molar refractivity (Wildman–Crippen MR) is 84.9 cm³/mol. The van der Waals surface area contributed by atoms with Crippen LogP contribution >= 0.6 is 34.8 Å². The van der Waals surface area contributed by atoms with Crippen LogP contribution in [0.25, 0.3) is 0 Å². The first-order valence-corrected chi connectivity index (χ1v) is 7.46. The van der Waals surface area contributed by atoms with E-state index in [0.29, 0.717) is 21.7 Å². The van der Waals surface area contributed by atoms with Crippen molar-refractivity contribution in [1.29, 1.82) is 0 Å². The van der Waals surface area contributed by atoms with Crippen LogP contribution in [0.1, 0.15) is 13.8 Å². The van der Waals surface area contributed by atoms with Crippen LogP contribution in [0.2, 0.25) is 15.3 Å². The first-order chi connectivity index (χ1) is 10.0. The standard InChI is InChI=1S/C13H13Cl3N4O/c1-3-20(4-2)12-17-11(16)18-13(19-12)21-10-7-8(14)5-6-9(10)15/h5-7H,3-4H2,1-2H3. The number of ether oxygens (including phenoxy) is 1. The Morgan fingerprint density at radius 2 is 1.76 bits per heavy atom. The fourth-order valence-corrected chi connectivity index (χ4v) is 2.14. The Morgan fingerprint density at radius 1 is 1.05 bits per heavy atom. The molecule has 112 valence electrons. The fourth-order valence-electron chi connectivity index (χ4n) is 1.67. The maximum atomic E-state index is 6.04. The monoisotopic (exact) mass is 346 g/mol. The number of nitrogens with zero attached hydrogens (tertiary/aromatic N) is 4. The van der Waals surface area contributed by atoms with Gasteiger partial charge in [0.2, 0.25) is 11.2 Å². The second-order valence-electron chi connectivity index (χ2n) is 4.04. The molecular weight excluding hydrogens is 335 g/mol. The molecule has 0 aliphatic rings. The Bertz CT molecular complexity index is 635. The fraction of sp³-hybridized carbons (Fsp3) is 0.308. The minimum atomic E-state index is 0.0556. The van der Waals surface area contributed by atoms with Gasteiger partial charge in [-0.1, -0.05) is 23.2 Å². The molecule has 0 spiro atoms. The summed E-state index contributed by atoms with van der Waals surface area (Å²) in [6, 6.07) is 4.95.